The topological polar surface area (TPSA) is 57.5 Å². The maximum atomic E-state index is 4.63. The average molecular weight is 470 g/mol. The molecule has 0 atom stereocenters. The molecule has 0 radical (unpaired) electrons. The Morgan fingerprint density at radius 2 is 1.92 bits per heavy atom. The van der Waals surface area contributed by atoms with Crippen molar-refractivity contribution in [3.05, 3.63) is 48.3 Å². The lowest BCUT2D eigenvalue weighted by Gasteiger charge is -2.23. The number of aryl methyl sites for hydroxylation is 1. The van der Waals surface area contributed by atoms with Crippen molar-refractivity contribution < 1.29 is 0 Å². The molecule has 1 aromatic heterocycles. The first-order valence-corrected chi connectivity index (χ1v) is 9.03. The fourth-order valence-electron chi connectivity index (χ4n) is 2.64. The van der Waals surface area contributed by atoms with Crippen LogP contribution in [0.2, 0.25) is 0 Å². The average Bonchev–Trinajstić information content (AvgIpc) is 3.05. The van der Waals surface area contributed by atoms with Gasteiger partial charge >= 0.3 is 0 Å². The molecule has 0 aliphatic rings. The molecule has 0 saturated carbocycles. The molecule has 0 spiro atoms. The van der Waals surface area contributed by atoms with E-state index in [1.165, 1.54) is 5.69 Å². The number of hydrogen-bond acceptors (Lipinski definition) is 3. The van der Waals surface area contributed by atoms with Gasteiger partial charge in [-0.25, -0.2) is 4.99 Å². The van der Waals surface area contributed by atoms with Crippen LogP contribution in [0.5, 0.6) is 0 Å². The highest BCUT2D eigenvalue weighted by Crippen LogP contribution is 2.12. The van der Waals surface area contributed by atoms with Gasteiger partial charge in [-0.3, -0.25) is 4.68 Å². The van der Waals surface area contributed by atoms with E-state index in [1.54, 1.807) is 6.20 Å². The number of aromatic nitrogens is 2. The largest absolute Gasteiger partial charge is 0.372 e. The lowest BCUT2D eigenvalue weighted by Crippen LogP contribution is -2.38. The van der Waals surface area contributed by atoms with Gasteiger partial charge in [-0.15, -0.1) is 24.0 Å². The van der Waals surface area contributed by atoms with Crippen LogP contribution in [0.3, 0.4) is 0 Å². The van der Waals surface area contributed by atoms with Gasteiger partial charge in [-0.05, 0) is 38.5 Å². The summed E-state index contributed by atoms with van der Waals surface area (Å²) in [7, 11) is 1.94. The maximum Gasteiger partial charge on any atom is 0.191 e. The Labute approximate surface area is 174 Å². The predicted octanol–water partition coefficient (Wildman–Crippen LogP) is 3.01. The van der Waals surface area contributed by atoms with E-state index >= 15 is 0 Å². The highest BCUT2D eigenvalue weighted by atomic mass is 127. The van der Waals surface area contributed by atoms with Gasteiger partial charge in [-0.1, -0.05) is 18.2 Å². The van der Waals surface area contributed by atoms with Crippen LogP contribution in [0.4, 0.5) is 5.69 Å². The lowest BCUT2D eigenvalue weighted by molar-refractivity contribution is 0.695. The number of rotatable bonds is 9. The Morgan fingerprint density at radius 1 is 1.15 bits per heavy atom. The van der Waals surface area contributed by atoms with Crippen LogP contribution in [0.15, 0.2) is 47.6 Å². The van der Waals surface area contributed by atoms with Crippen LogP contribution < -0.4 is 15.5 Å². The van der Waals surface area contributed by atoms with Crippen LogP contribution in [0.1, 0.15) is 26.0 Å². The van der Waals surface area contributed by atoms with E-state index in [2.05, 4.69) is 69.8 Å². The second-order valence-corrected chi connectivity index (χ2v) is 5.84. The third-order valence-corrected chi connectivity index (χ3v) is 4.07. The Morgan fingerprint density at radius 3 is 2.54 bits per heavy atom. The molecule has 0 amide bonds. The minimum Gasteiger partial charge on any atom is -0.372 e. The van der Waals surface area contributed by atoms with E-state index < -0.39 is 0 Å². The summed E-state index contributed by atoms with van der Waals surface area (Å²) >= 11 is 0. The molecule has 7 heteroatoms. The van der Waals surface area contributed by atoms with E-state index in [-0.39, 0.29) is 24.0 Å². The van der Waals surface area contributed by atoms with Gasteiger partial charge < -0.3 is 15.5 Å². The summed E-state index contributed by atoms with van der Waals surface area (Å²) < 4.78 is 1.85. The van der Waals surface area contributed by atoms with Gasteiger partial charge in [0.25, 0.3) is 0 Å². The zero-order valence-corrected chi connectivity index (χ0v) is 18.3. The van der Waals surface area contributed by atoms with Crippen LogP contribution in [0.25, 0.3) is 0 Å². The first-order valence-electron chi connectivity index (χ1n) is 9.03. The molecule has 2 N–H and O–H groups in total. The molecule has 144 valence electrons. The number of benzene rings is 1. The van der Waals surface area contributed by atoms with Crippen LogP contribution in [-0.4, -0.2) is 41.9 Å². The summed E-state index contributed by atoms with van der Waals surface area (Å²) in [5.74, 6) is 0.853. The highest BCUT2D eigenvalue weighted by Gasteiger charge is 2.04. The third kappa shape index (κ3) is 7.23. The van der Waals surface area contributed by atoms with Crippen molar-refractivity contribution in [2.24, 2.45) is 12.0 Å². The minimum absolute atomic E-state index is 0. The van der Waals surface area contributed by atoms with E-state index in [9.17, 15) is 0 Å². The lowest BCUT2D eigenvalue weighted by atomic mass is 10.2. The summed E-state index contributed by atoms with van der Waals surface area (Å²) in [5.41, 5.74) is 2.38. The fourth-order valence-corrected chi connectivity index (χ4v) is 2.64. The van der Waals surface area contributed by atoms with Gasteiger partial charge in [0, 0.05) is 45.1 Å². The molecule has 0 fully saturated rings. The quantitative estimate of drug-likeness (QED) is 0.256. The Balaban J connectivity index is 0.00000338. The van der Waals surface area contributed by atoms with Gasteiger partial charge in [0.15, 0.2) is 5.96 Å². The fraction of sp³-hybridized carbons (Fsp3) is 0.474. The van der Waals surface area contributed by atoms with Gasteiger partial charge in [0.05, 0.1) is 12.2 Å². The minimum atomic E-state index is 0. The molecule has 0 aliphatic carbocycles. The summed E-state index contributed by atoms with van der Waals surface area (Å²) in [5, 5.41) is 10.9. The van der Waals surface area contributed by atoms with E-state index in [0.29, 0.717) is 6.54 Å². The molecule has 0 unspecified atom stereocenters. The molecule has 1 heterocycles. The maximum absolute atomic E-state index is 4.63. The number of hydrogen-bond donors (Lipinski definition) is 2. The summed E-state index contributed by atoms with van der Waals surface area (Å²) in [6, 6.07) is 12.5. The first-order chi connectivity index (χ1) is 12.2. The Hall–Kier alpha value is -1.77. The molecule has 1 aromatic carbocycles. The van der Waals surface area contributed by atoms with Crippen molar-refractivity contribution in [1.82, 2.24) is 20.4 Å². The zero-order valence-electron chi connectivity index (χ0n) is 16.0. The van der Waals surface area contributed by atoms with Crippen molar-refractivity contribution in [1.29, 1.82) is 0 Å². The normalized spacial score (nSPS) is 11.0. The first kappa shape index (κ1) is 22.3. The smallest absolute Gasteiger partial charge is 0.191 e. The summed E-state index contributed by atoms with van der Waals surface area (Å²) in [6.07, 6.45) is 2.85. The van der Waals surface area contributed by atoms with E-state index in [0.717, 1.165) is 44.3 Å². The van der Waals surface area contributed by atoms with Crippen LogP contribution >= 0.6 is 24.0 Å². The number of nitrogens with one attached hydrogen (secondary N) is 2. The van der Waals surface area contributed by atoms with Crippen molar-refractivity contribution >= 4 is 35.6 Å². The van der Waals surface area contributed by atoms with E-state index in [1.807, 2.05) is 17.8 Å². The molecule has 2 rings (SSSR count). The second kappa shape index (κ2) is 12.6. The summed E-state index contributed by atoms with van der Waals surface area (Å²) in [4.78, 5) is 7.02. The number of guanidine groups is 1. The van der Waals surface area contributed by atoms with Crippen molar-refractivity contribution in [3.63, 3.8) is 0 Å². The Kier molecular flexibility index (Phi) is 10.8. The molecule has 6 nitrogen and oxygen atoms in total. The number of anilines is 1. The molecular weight excluding hydrogens is 439 g/mol. The van der Waals surface area contributed by atoms with E-state index in [4.69, 9.17) is 0 Å². The van der Waals surface area contributed by atoms with Crippen LogP contribution in [-0.2, 0) is 13.6 Å². The number of nitrogens with zero attached hydrogens (tertiary/aromatic N) is 4. The molecule has 26 heavy (non-hydrogen) atoms. The molecule has 0 saturated heterocycles. The second-order valence-electron chi connectivity index (χ2n) is 5.84. The number of aliphatic imine (C=N–C) groups is 1. The number of para-hydroxylation sites is 1. The molecule has 0 bridgehead atoms. The van der Waals surface area contributed by atoms with Gasteiger partial charge in [0.1, 0.15) is 0 Å². The number of halogens is 1. The molecule has 2 aromatic rings. The third-order valence-electron chi connectivity index (χ3n) is 4.07. The highest BCUT2D eigenvalue weighted by molar-refractivity contribution is 14.0. The zero-order chi connectivity index (χ0) is 17.9. The standard InChI is InChI=1S/C19H30N6.HI/c1-4-20-19(22-16-18-12-14-23-24(18)3)21-13-9-15-25(5-2)17-10-7-6-8-11-17;/h6-8,10-12,14H,4-5,9,13,15-16H2,1-3H3,(H2,20,21,22);1H. The van der Waals surface area contributed by atoms with Crippen molar-refractivity contribution in [2.45, 2.75) is 26.8 Å². The Bertz CT molecular complexity index is 640. The predicted molar refractivity (Wildman–Crippen MR) is 120 cm³/mol. The van der Waals surface area contributed by atoms with Crippen molar-refractivity contribution in [2.75, 3.05) is 31.1 Å². The van der Waals surface area contributed by atoms with Gasteiger partial charge in [-0.2, -0.15) is 5.10 Å². The monoisotopic (exact) mass is 470 g/mol. The SMILES string of the molecule is CCNC(=NCc1ccnn1C)NCCCN(CC)c1ccccc1.I. The van der Waals surface area contributed by atoms with Crippen molar-refractivity contribution in [3.8, 4) is 0 Å². The molecule has 0 aliphatic heterocycles. The summed E-state index contributed by atoms with van der Waals surface area (Å²) in [6.45, 7) is 8.67. The van der Waals surface area contributed by atoms with Gasteiger partial charge in [0.2, 0.25) is 0 Å². The van der Waals surface area contributed by atoms with Crippen LogP contribution in [0, 0.1) is 0 Å². The molecular formula is C19H31IN6.